The quantitative estimate of drug-likeness (QED) is 0.860. The fourth-order valence-corrected chi connectivity index (χ4v) is 3.69. The molecule has 1 N–H and O–H groups in total. The Morgan fingerprint density at radius 1 is 1.25 bits per heavy atom. The Morgan fingerprint density at radius 3 is 2.50 bits per heavy atom. The number of aromatic amines is 1. The maximum Gasteiger partial charge on any atom is 0.224 e. The first-order valence-corrected chi connectivity index (χ1v) is 8.91. The van der Waals surface area contributed by atoms with Gasteiger partial charge in [-0.2, -0.15) is 5.10 Å². The van der Waals surface area contributed by atoms with Gasteiger partial charge >= 0.3 is 0 Å². The molecule has 0 unspecified atom stereocenters. The zero-order chi connectivity index (χ0) is 17.3. The fourth-order valence-electron chi connectivity index (χ4n) is 3.47. The molecule has 128 valence electrons. The second-order valence-corrected chi connectivity index (χ2v) is 7.08. The molecule has 0 radical (unpaired) electrons. The first-order valence-electron chi connectivity index (χ1n) is 8.51. The Hall–Kier alpha value is -1.95. The van der Waals surface area contributed by atoms with E-state index in [1.165, 1.54) is 5.56 Å². The normalized spacial score (nSPS) is 20.5. The number of nitrogens with one attached hydrogen (secondary N) is 1. The van der Waals surface area contributed by atoms with E-state index in [-0.39, 0.29) is 5.91 Å². The van der Waals surface area contributed by atoms with Crippen LogP contribution in [0.3, 0.4) is 0 Å². The maximum absolute atomic E-state index is 12.6. The third-order valence-corrected chi connectivity index (χ3v) is 5.17. The van der Waals surface area contributed by atoms with Crippen molar-refractivity contribution in [3.63, 3.8) is 0 Å². The molecule has 0 saturated carbocycles. The lowest BCUT2D eigenvalue weighted by atomic mass is 10.1. The predicted octanol–water partition coefficient (Wildman–Crippen LogP) is 3.71. The van der Waals surface area contributed by atoms with Gasteiger partial charge in [0.25, 0.3) is 0 Å². The van der Waals surface area contributed by atoms with Crippen LogP contribution in [0.15, 0.2) is 24.3 Å². The Kier molecular flexibility index (Phi) is 4.85. The van der Waals surface area contributed by atoms with E-state index in [0.717, 1.165) is 24.2 Å². The molecule has 1 aromatic carbocycles. The maximum atomic E-state index is 12.6. The van der Waals surface area contributed by atoms with Gasteiger partial charge in [0.1, 0.15) is 0 Å². The topological polar surface area (TPSA) is 53.9 Å². The smallest absolute Gasteiger partial charge is 0.224 e. The highest BCUT2D eigenvalue weighted by Crippen LogP contribution is 2.25. The molecule has 1 fully saturated rings. The van der Waals surface area contributed by atoms with Crippen LogP contribution in [-0.2, 0) is 11.3 Å². The minimum atomic E-state index is 0.199. The van der Waals surface area contributed by atoms with Crippen molar-refractivity contribution in [3.05, 3.63) is 34.6 Å². The van der Waals surface area contributed by atoms with Crippen molar-refractivity contribution in [2.45, 2.75) is 58.7 Å². The Labute approximate surface area is 147 Å². The van der Waals surface area contributed by atoms with Crippen molar-refractivity contribution in [2.24, 2.45) is 0 Å². The number of likely N-dealkylation sites (tertiary alicyclic amines) is 1. The minimum Gasteiger partial charge on any atom is -0.337 e. The number of hydrogen-bond donors (Lipinski definition) is 1. The molecule has 24 heavy (non-hydrogen) atoms. The number of carbonyl (C=O) groups excluding carboxylic acids is 1. The highest BCUT2D eigenvalue weighted by Gasteiger charge is 2.30. The van der Waals surface area contributed by atoms with Gasteiger partial charge in [-0.3, -0.25) is 14.5 Å². The lowest BCUT2D eigenvalue weighted by Crippen LogP contribution is -2.38. The summed E-state index contributed by atoms with van der Waals surface area (Å²) in [7, 11) is 0. The van der Waals surface area contributed by atoms with E-state index in [9.17, 15) is 4.79 Å². The molecule has 0 bridgehead atoms. The molecule has 1 aliphatic rings. The van der Waals surface area contributed by atoms with Gasteiger partial charge < -0.3 is 4.90 Å². The fraction of sp³-hybridized carbons (Fsp3) is 0.500. The third-order valence-electron chi connectivity index (χ3n) is 4.86. The summed E-state index contributed by atoms with van der Waals surface area (Å²) in [6.07, 6.45) is 2.63. The largest absolute Gasteiger partial charge is 0.337 e. The second-order valence-electron chi connectivity index (χ2n) is 6.70. The standard InChI is InChI=1S/C18H24N4OS/c1-12-4-8-15(9-5-12)17-19-20-18(24)21(17)11-10-16(23)22-13(2)6-7-14(22)3/h4-5,8-9,13-14H,6-7,10-11H2,1-3H3,(H,20,24)/t13-,14-/m1/s1. The van der Waals surface area contributed by atoms with Crippen molar-refractivity contribution >= 4 is 18.1 Å². The molecule has 0 aliphatic carbocycles. The van der Waals surface area contributed by atoms with E-state index in [4.69, 9.17) is 12.2 Å². The van der Waals surface area contributed by atoms with Crippen LogP contribution in [0, 0.1) is 11.7 Å². The number of rotatable bonds is 4. The van der Waals surface area contributed by atoms with E-state index in [0.29, 0.717) is 29.8 Å². The SMILES string of the molecule is Cc1ccc(-c2n[nH]c(=S)n2CCC(=O)N2[C@H](C)CC[C@H]2C)cc1. The van der Waals surface area contributed by atoms with Crippen LogP contribution in [0.5, 0.6) is 0 Å². The molecule has 6 heteroatoms. The zero-order valence-corrected chi connectivity index (χ0v) is 15.3. The number of benzene rings is 1. The highest BCUT2D eigenvalue weighted by molar-refractivity contribution is 7.71. The van der Waals surface area contributed by atoms with Gasteiger partial charge in [0.05, 0.1) is 0 Å². The molecule has 2 aromatic rings. The summed E-state index contributed by atoms with van der Waals surface area (Å²) < 4.78 is 2.48. The average molecular weight is 344 g/mol. The number of aromatic nitrogens is 3. The Balaban J connectivity index is 1.76. The van der Waals surface area contributed by atoms with Gasteiger partial charge in [0.15, 0.2) is 10.6 Å². The van der Waals surface area contributed by atoms with Gasteiger partial charge in [0.2, 0.25) is 5.91 Å². The number of amides is 1. The average Bonchev–Trinajstić information content (AvgIpc) is 3.08. The lowest BCUT2D eigenvalue weighted by molar-refractivity contribution is -0.133. The van der Waals surface area contributed by atoms with Crippen LogP contribution in [0.1, 0.15) is 38.7 Å². The van der Waals surface area contributed by atoms with E-state index in [1.807, 2.05) is 21.6 Å². The van der Waals surface area contributed by atoms with Crippen molar-refractivity contribution in [1.29, 1.82) is 0 Å². The number of nitrogens with zero attached hydrogens (tertiary/aromatic N) is 3. The molecule has 0 spiro atoms. The minimum absolute atomic E-state index is 0.199. The summed E-state index contributed by atoms with van der Waals surface area (Å²) in [6.45, 7) is 6.86. The molecule has 1 saturated heterocycles. The van der Waals surface area contributed by atoms with Crippen LogP contribution in [0.2, 0.25) is 0 Å². The third kappa shape index (κ3) is 3.29. The van der Waals surface area contributed by atoms with Gasteiger partial charge in [0, 0.05) is 30.6 Å². The number of hydrogen-bond acceptors (Lipinski definition) is 3. The van der Waals surface area contributed by atoms with Crippen LogP contribution >= 0.6 is 12.2 Å². The zero-order valence-electron chi connectivity index (χ0n) is 14.5. The number of H-pyrrole nitrogens is 1. The molecule has 1 aromatic heterocycles. The number of carbonyl (C=O) groups is 1. The highest BCUT2D eigenvalue weighted by atomic mass is 32.1. The van der Waals surface area contributed by atoms with Crippen molar-refractivity contribution in [3.8, 4) is 11.4 Å². The first kappa shape index (κ1) is 16.9. The molecule has 2 atom stereocenters. The summed E-state index contributed by atoms with van der Waals surface area (Å²) in [4.78, 5) is 14.6. The summed E-state index contributed by atoms with van der Waals surface area (Å²) >= 11 is 5.35. The van der Waals surface area contributed by atoms with E-state index in [1.54, 1.807) is 0 Å². The van der Waals surface area contributed by atoms with Crippen LogP contribution in [0.4, 0.5) is 0 Å². The van der Waals surface area contributed by atoms with E-state index < -0.39 is 0 Å². The van der Waals surface area contributed by atoms with Crippen LogP contribution in [0.25, 0.3) is 11.4 Å². The molecule has 5 nitrogen and oxygen atoms in total. The van der Waals surface area contributed by atoms with E-state index in [2.05, 4.69) is 43.1 Å². The molecular weight excluding hydrogens is 320 g/mol. The predicted molar refractivity (Wildman–Crippen MR) is 97.2 cm³/mol. The monoisotopic (exact) mass is 344 g/mol. The van der Waals surface area contributed by atoms with Crippen LogP contribution < -0.4 is 0 Å². The molecule has 1 aliphatic heterocycles. The lowest BCUT2D eigenvalue weighted by Gasteiger charge is -2.26. The van der Waals surface area contributed by atoms with E-state index >= 15 is 0 Å². The van der Waals surface area contributed by atoms with Gasteiger partial charge in [-0.15, -0.1) is 0 Å². The summed E-state index contributed by atoms with van der Waals surface area (Å²) in [5.74, 6) is 0.987. The Bertz CT molecular complexity index is 767. The summed E-state index contributed by atoms with van der Waals surface area (Å²) in [5.41, 5.74) is 2.20. The summed E-state index contributed by atoms with van der Waals surface area (Å²) in [5, 5.41) is 7.19. The van der Waals surface area contributed by atoms with Gasteiger partial charge in [-0.05, 0) is 45.8 Å². The van der Waals surface area contributed by atoms with Crippen molar-refractivity contribution in [1.82, 2.24) is 19.7 Å². The van der Waals surface area contributed by atoms with Gasteiger partial charge in [-0.25, -0.2) is 0 Å². The number of aryl methyl sites for hydroxylation is 1. The first-order chi connectivity index (χ1) is 11.5. The summed E-state index contributed by atoms with van der Waals surface area (Å²) in [6, 6.07) is 8.83. The molecule has 3 rings (SSSR count). The molecular formula is C18H24N4OS. The molecule has 1 amide bonds. The molecule has 2 heterocycles. The second kappa shape index (κ2) is 6.89. The van der Waals surface area contributed by atoms with Crippen molar-refractivity contribution < 1.29 is 4.79 Å². The van der Waals surface area contributed by atoms with Gasteiger partial charge in [-0.1, -0.05) is 29.8 Å². The van der Waals surface area contributed by atoms with Crippen LogP contribution in [-0.4, -0.2) is 37.7 Å². The Morgan fingerprint density at radius 2 is 1.88 bits per heavy atom. The van der Waals surface area contributed by atoms with Crippen molar-refractivity contribution in [2.75, 3.05) is 0 Å².